The molecule has 4 rings (SSSR count). The third-order valence-corrected chi connectivity index (χ3v) is 4.36. The predicted molar refractivity (Wildman–Crippen MR) is 76.1 cm³/mol. The molecule has 0 atom stereocenters. The molecule has 2 N–H and O–H groups in total. The van der Waals surface area contributed by atoms with Crippen molar-refractivity contribution in [3.63, 3.8) is 0 Å². The minimum atomic E-state index is 0.526. The Kier molecular flexibility index (Phi) is 2.17. The Morgan fingerprint density at radius 3 is 2.89 bits per heavy atom. The number of anilines is 1. The maximum Gasteiger partial charge on any atom is 0.180 e. The lowest BCUT2D eigenvalue weighted by atomic mass is 10.3. The van der Waals surface area contributed by atoms with Gasteiger partial charge in [0.2, 0.25) is 0 Å². The molecule has 0 bridgehead atoms. The van der Waals surface area contributed by atoms with Gasteiger partial charge in [-0.15, -0.1) is 0 Å². The Balaban J connectivity index is 2.03. The van der Waals surface area contributed by atoms with E-state index < -0.39 is 0 Å². The van der Waals surface area contributed by atoms with Gasteiger partial charge in [0, 0.05) is 12.2 Å². The summed E-state index contributed by atoms with van der Waals surface area (Å²) >= 11 is 1.50. The van der Waals surface area contributed by atoms with Crippen LogP contribution in [-0.2, 0) is 0 Å². The van der Waals surface area contributed by atoms with Crippen molar-refractivity contribution >= 4 is 27.6 Å². The van der Waals surface area contributed by atoms with Gasteiger partial charge < -0.3 is 10.3 Å². The molecule has 0 saturated heterocycles. The topological polar surface area (TPSA) is 69.6 Å². The first kappa shape index (κ1) is 10.9. The lowest BCUT2D eigenvalue weighted by molar-refractivity contribution is 0.767. The van der Waals surface area contributed by atoms with E-state index in [4.69, 9.17) is 10.7 Å². The largest absolute Gasteiger partial charge is 0.375 e. The Hall–Kier alpha value is -1.95. The van der Waals surface area contributed by atoms with Gasteiger partial charge in [0.25, 0.3) is 0 Å². The third kappa shape index (κ3) is 1.63. The van der Waals surface area contributed by atoms with Crippen molar-refractivity contribution in [1.82, 2.24) is 19.5 Å². The standard InChI is InChI=1S/C13H13N5S/c1-7-10(19-13(14)16-7)12-17-9-3-2-6-15-11(9)18(12)8-4-5-8/h2-3,6,8H,4-5H2,1H3,(H2,14,16). The monoisotopic (exact) mass is 271 g/mol. The van der Waals surface area contributed by atoms with Gasteiger partial charge in [0.15, 0.2) is 16.6 Å². The number of pyridine rings is 1. The van der Waals surface area contributed by atoms with E-state index in [1.807, 2.05) is 25.3 Å². The number of nitrogens with zero attached hydrogens (tertiary/aromatic N) is 4. The van der Waals surface area contributed by atoms with Gasteiger partial charge in [-0.2, -0.15) is 0 Å². The highest BCUT2D eigenvalue weighted by atomic mass is 32.1. The first-order valence-electron chi connectivity index (χ1n) is 6.30. The molecule has 3 aromatic heterocycles. The van der Waals surface area contributed by atoms with Crippen molar-refractivity contribution < 1.29 is 0 Å². The summed E-state index contributed by atoms with van der Waals surface area (Å²) in [7, 11) is 0. The van der Waals surface area contributed by atoms with E-state index in [9.17, 15) is 0 Å². The lowest BCUT2D eigenvalue weighted by Crippen LogP contribution is -1.98. The molecule has 1 aliphatic rings. The normalized spacial score (nSPS) is 15.2. The van der Waals surface area contributed by atoms with Gasteiger partial charge >= 0.3 is 0 Å². The van der Waals surface area contributed by atoms with Gasteiger partial charge in [-0.3, -0.25) is 0 Å². The summed E-state index contributed by atoms with van der Waals surface area (Å²) in [6.45, 7) is 1.98. The number of rotatable bonds is 2. The second kappa shape index (κ2) is 3.77. The van der Waals surface area contributed by atoms with E-state index in [0.29, 0.717) is 11.2 Å². The molecule has 19 heavy (non-hydrogen) atoms. The molecule has 0 amide bonds. The number of hydrogen-bond acceptors (Lipinski definition) is 5. The van der Waals surface area contributed by atoms with E-state index in [2.05, 4.69) is 14.5 Å². The van der Waals surface area contributed by atoms with Gasteiger partial charge in [-0.1, -0.05) is 11.3 Å². The Morgan fingerprint density at radius 2 is 2.21 bits per heavy atom. The molecule has 1 saturated carbocycles. The summed E-state index contributed by atoms with van der Waals surface area (Å²) in [4.78, 5) is 14.6. The fourth-order valence-corrected chi connectivity index (χ4v) is 3.21. The second-order valence-electron chi connectivity index (χ2n) is 4.85. The molecule has 1 fully saturated rings. The van der Waals surface area contributed by atoms with Gasteiger partial charge in [-0.25, -0.2) is 15.0 Å². The van der Waals surface area contributed by atoms with Gasteiger partial charge in [0.1, 0.15) is 5.52 Å². The van der Waals surface area contributed by atoms with Crippen LogP contribution in [0.3, 0.4) is 0 Å². The van der Waals surface area contributed by atoms with Crippen LogP contribution < -0.4 is 5.73 Å². The van der Waals surface area contributed by atoms with Crippen LogP contribution in [0.2, 0.25) is 0 Å². The van der Waals surface area contributed by atoms with E-state index in [0.717, 1.165) is 27.6 Å². The zero-order valence-corrected chi connectivity index (χ0v) is 11.3. The third-order valence-electron chi connectivity index (χ3n) is 3.38. The number of thiazole rings is 1. The number of hydrogen-bond donors (Lipinski definition) is 1. The molecule has 5 nitrogen and oxygen atoms in total. The van der Waals surface area contributed by atoms with Crippen molar-refractivity contribution in [2.24, 2.45) is 0 Å². The maximum absolute atomic E-state index is 5.81. The van der Waals surface area contributed by atoms with Crippen LogP contribution in [0.1, 0.15) is 24.6 Å². The van der Waals surface area contributed by atoms with Crippen molar-refractivity contribution in [3.05, 3.63) is 24.0 Å². The van der Waals surface area contributed by atoms with Crippen molar-refractivity contribution in [3.8, 4) is 10.7 Å². The van der Waals surface area contributed by atoms with Crippen LogP contribution in [0.15, 0.2) is 18.3 Å². The molecule has 3 aromatic rings. The molecule has 0 aromatic carbocycles. The highest BCUT2D eigenvalue weighted by Crippen LogP contribution is 2.42. The summed E-state index contributed by atoms with van der Waals surface area (Å²) < 4.78 is 2.25. The molecule has 0 unspecified atom stereocenters. The number of nitrogen functional groups attached to an aromatic ring is 1. The summed E-state index contributed by atoms with van der Waals surface area (Å²) in [6.07, 6.45) is 4.21. The number of imidazole rings is 1. The van der Waals surface area contributed by atoms with Gasteiger partial charge in [0.05, 0.1) is 10.6 Å². The molecule has 96 valence electrons. The minimum absolute atomic E-state index is 0.526. The van der Waals surface area contributed by atoms with Gasteiger partial charge in [-0.05, 0) is 31.9 Å². The average Bonchev–Trinajstić information content (AvgIpc) is 3.07. The van der Waals surface area contributed by atoms with E-state index in [1.165, 1.54) is 24.2 Å². The molecular formula is C13H13N5S. The van der Waals surface area contributed by atoms with Crippen molar-refractivity contribution in [2.45, 2.75) is 25.8 Å². The average molecular weight is 271 g/mol. The number of nitrogens with two attached hydrogens (primary N) is 1. The van der Waals surface area contributed by atoms with Crippen LogP contribution in [0.25, 0.3) is 21.9 Å². The van der Waals surface area contributed by atoms with Crippen LogP contribution in [0.5, 0.6) is 0 Å². The summed E-state index contributed by atoms with van der Waals surface area (Å²) in [5.41, 5.74) is 8.66. The molecule has 1 aliphatic carbocycles. The quantitative estimate of drug-likeness (QED) is 0.778. The highest BCUT2D eigenvalue weighted by molar-refractivity contribution is 7.18. The molecule has 0 aliphatic heterocycles. The van der Waals surface area contributed by atoms with Crippen molar-refractivity contribution in [1.29, 1.82) is 0 Å². The molecule has 6 heteroatoms. The molecular weight excluding hydrogens is 258 g/mol. The predicted octanol–water partition coefficient (Wildman–Crippen LogP) is 2.78. The SMILES string of the molecule is Cc1nc(N)sc1-c1nc2cccnc2n1C1CC1. The Labute approximate surface area is 114 Å². The molecule has 0 spiro atoms. The van der Waals surface area contributed by atoms with Crippen molar-refractivity contribution in [2.75, 3.05) is 5.73 Å². The highest BCUT2D eigenvalue weighted by Gasteiger charge is 2.30. The van der Waals surface area contributed by atoms with E-state index in [-0.39, 0.29) is 0 Å². The fourth-order valence-electron chi connectivity index (χ4n) is 2.39. The van der Waals surface area contributed by atoms with Crippen LogP contribution in [-0.4, -0.2) is 19.5 Å². The minimum Gasteiger partial charge on any atom is -0.375 e. The lowest BCUT2D eigenvalue weighted by Gasteiger charge is -2.05. The van der Waals surface area contributed by atoms with Crippen LogP contribution in [0.4, 0.5) is 5.13 Å². The van der Waals surface area contributed by atoms with Crippen LogP contribution >= 0.6 is 11.3 Å². The second-order valence-corrected chi connectivity index (χ2v) is 5.88. The first-order valence-corrected chi connectivity index (χ1v) is 7.12. The Morgan fingerprint density at radius 1 is 1.37 bits per heavy atom. The Bertz CT molecular complexity index is 769. The van der Waals surface area contributed by atoms with Crippen LogP contribution in [0, 0.1) is 6.92 Å². The number of aryl methyl sites for hydroxylation is 1. The number of fused-ring (bicyclic) bond motifs is 1. The molecule has 3 heterocycles. The summed E-state index contributed by atoms with van der Waals surface area (Å²) in [5, 5.41) is 0.592. The maximum atomic E-state index is 5.81. The summed E-state index contributed by atoms with van der Waals surface area (Å²) in [5.74, 6) is 0.961. The zero-order chi connectivity index (χ0) is 13.0. The van der Waals surface area contributed by atoms with E-state index >= 15 is 0 Å². The molecule has 0 radical (unpaired) electrons. The first-order chi connectivity index (χ1) is 9.24. The summed E-state index contributed by atoms with van der Waals surface area (Å²) in [6, 6.07) is 4.45. The smallest absolute Gasteiger partial charge is 0.180 e. The zero-order valence-electron chi connectivity index (χ0n) is 10.5. The number of aromatic nitrogens is 4. The fraction of sp³-hybridized carbons (Fsp3) is 0.308. The van der Waals surface area contributed by atoms with E-state index in [1.54, 1.807) is 0 Å².